The lowest BCUT2D eigenvalue weighted by molar-refractivity contribution is -0.127. The first-order valence-corrected chi connectivity index (χ1v) is 4.86. The smallest absolute Gasteiger partial charge is 0.133 e. The van der Waals surface area contributed by atoms with Gasteiger partial charge in [-0.05, 0) is 29.4 Å². The van der Waals surface area contributed by atoms with Crippen molar-refractivity contribution in [2.24, 2.45) is 11.1 Å². The molecule has 0 aromatic heterocycles. The first-order valence-electron chi connectivity index (χ1n) is 4.86. The van der Waals surface area contributed by atoms with Crippen LogP contribution in [-0.2, 0) is 4.79 Å². The lowest BCUT2D eigenvalue weighted by atomic mass is 9.85. The standard InChI is InChI=1S/C11H11NO3/c13-10-5-8(6-10)7-15-11-3-1-9(12-14)2-4-11/h1-4,8H,5-7H2. The summed E-state index contributed by atoms with van der Waals surface area (Å²) in [5, 5.41) is 2.79. The molecule has 4 heteroatoms. The van der Waals surface area contributed by atoms with E-state index in [1.807, 2.05) is 0 Å². The first-order chi connectivity index (χ1) is 7.28. The molecule has 0 bridgehead atoms. The first kappa shape index (κ1) is 9.83. The fourth-order valence-electron chi connectivity index (χ4n) is 1.52. The average Bonchev–Trinajstić information content (AvgIpc) is 2.23. The minimum absolute atomic E-state index is 0.309. The Morgan fingerprint density at radius 1 is 1.27 bits per heavy atom. The Hall–Kier alpha value is -1.71. The van der Waals surface area contributed by atoms with E-state index in [0.29, 0.717) is 42.6 Å². The van der Waals surface area contributed by atoms with Crippen LogP contribution in [0.15, 0.2) is 29.4 Å². The number of benzene rings is 1. The molecule has 0 radical (unpaired) electrons. The highest BCUT2D eigenvalue weighted by molar-refractivity contribution is 5.84. The number of hydrogen-bond acceptors (Lipinski definition) is 4. The fourth-order valence-corrected chi connectivity index (χ4v) is 1.52. The SMILES string of the molecule is O=Nc1ccc(OCC2CC(=O)C2)cc1. The Morgan fingerprint density at radius 2 is 1.93 bits per heavy atom. The van der Waals surface area contributed by atoms with Crippen LogP contribution in [0.25, 0.3) is 0 Å². The molecule has 0 atom stereocenters. The summed E-state index contributed by atoms with van der Waals surface area (Å²) >= 11 is 0. The van der Waals surface area contributed by atoms with Crippen LogP contribution in [0.2, 0.25) is 0 Å². The van der Waals surface area contributed by atoms with E-state index in [4.69, 9.17) is 4.74 Å². The number of ketones is 1. The second-order valence-corrected chi connectivity index (χ2v) is 3.71. The molecule has 78 valence electrons. The number of ether oxygens (including phenoxy) is 1. The molecule has 15 heavy (non-hydrogen) atoms. The van der Waals surface area contributed by atoms with Gasteiger partial charge in [0.25, 0.3) is 0 Å². The van der Waals surface area contributed by atoms with Gasteiger partial charge in [-0.25, -0.2) is 0 Å². The van der Waals surface area contributed by atoms with Crippen molar-refractivity contribution < 1.29 is 9.53 Å². The zero-order valence-electron chi connectivity index (χ0n) is 8.18. The number of Topliss-reactive ketones (excluding diaryl/α,β-unsaturated/α-hetero) is 1. The molecule has 0 unspecified atom stereocenters. The minimum atomic E-state index is 0.309. The third-order valence-corrected chi connectivity index (χ3v) is 2.46. The molecule has 0 heterocycles. The molecular weight excluding hydrogens is 194 g/mol. The van der Waals surface area contributed by atoms with Gasteiger partial charge < -0.3 is 4.74 Å². The number of carbonyl (C=O) groups excluding carboxylic acids is 1. The van der Waals surface area contributed by atoms with Gasteiger partial charge in [-0.15, -0.1) is 4.91 Å². The fraction of sp³-hybridized carbons (Fsp3) is 0.364. The number of carbonyl (C=O) groups is 1. The zero-order chi connectivity index (χ0) is 10.7. The van der Waals surface area contributed by atoms with Gasteiger partial charge in [0.2, 0.25) is 0 Å². The maximum absolute atomic E-state index is 10.7. The van der Waals surface area contributed by atoms with Gasteiger partial charge in [-0.1, -0.05) is 0 Å². The Balaban J connectivity index is 1.83. The van der Waals surface area contributed by atoms with E-state index >= 15 is 0 Å². The second-order valence-electron chi connectivity index (χ2n) is 3.71. The van der Waals surface area contributed by atoms with Crippen molar-refractivity contribution in [2.45, 2.75) is 12.8 Å². The van der Waals surface area contributed by atoms with E-state index in [1.165, 1.54) is 0 Å². The molecule has 2 rings (SSSR count). The molecule has 1 fully saturated rings. The molecule has 0 amide bonds. The normalized spacial score (nSPS) is 15.9. The summed E-state index contributed by atoms with van der Waals surface area (Å²) in [6, 6.07) is 6.62. The molecule has 4 nitrogen and oxygen atoms in total. The third-order valence-electron chi connectivity index (χ3n) is 2.46. The van der Waals surface area contributed by atoms with Crippen LogP contribution in [0.5, 0.6) is 5.75 Å². The predicted molar refractivity (Wildman–Crippen MR) is 55.1 cm³/mol. The summed E-state index contributed by atoms with van der Waals surface area (Å²) in [6.45, 7) is 0.569. The van der Waals surface area contributed by atoms with Crippen molar-refractivity contribution in [3.05, 3.63) is 29.2 Å². The zero-order valence-corrected chi connectivity index (χ0v) is 8.18. The Labute approximate surface area is 87.2 Å². The summed E-state index contributed by atoms with van der Waals surface area (Å²) in [5.74, 6) is 1.38. The van der Waals surface area contributed by atoms with Crippen molar-refractivity contribution in [1.82, 2.24) is 0 Å². The quantitative estimate of drug-likeness (QED) is 0.709. The van der Waals surface area contributed by atoms with Crippen LogP contribution in [0, 0.1) is 10.8 Å². The van der Waals surface area contributed by atoms with Gasteiger partial charge in [-0.2, -0.15) is 0 Å². The molecule has 0 spiro atoms. The van der Waals surface area contributed by atoms with Gasteiger partial charge >= 0.3 is 0 Å². The average molecular weight is 205 g/mol. The van der Waals surface area contributed by atoms with Crippen LogP contribution in [0.1, 0.15) is 12.8 Å². The van der Waals surface area contributed by atoms with Gasteiger partial charge in [0.05, 0.1) is 6.61 Å². The minimum Gasteiger partial charge on any atom is -0.493 e. The summed E-state index contributed by atoms with van der Waals surface area (Å²) in [7, 11) is 0. The molecule has 1 saturated carbocycles. The number of nitrogens with zero attached hydrogens (tertiary/aromatic N) is 1. The van der Waals surface area contributed by atoms with E-state index in [-0.39, 0.29) is 0 Å². The van der Waals surface area contributed by atoms with Crippen molar-refractivity contribution >= 4 is 11.5 Å². The van der Waals surface area contributed by atoms with Crippen LogP contribution in [-0.4, -0.2) is 12.4 Å². The van der Waals surface area contributed by atoms with E-state index < -0.39 is 0 Å². The Bertz CT molecular complexity index is 364. The van der Waals surface area contributed by atoms with E-state index in [0.717, 1.165) is 0 Å². The lowest BCUT2D eigenvalue weighted by Crippen LogP contribution is -2.28. The van der Waals surface area contributed by atoms with E-state index in [1.54, 1.807) is 24.3 Å². The monoisotopic (exact) mass is 205 g/mol. The van der Waals surface area contributed by atoms with Gasteiger partial charge in [0.1, 0.15) is 17.2 Å². The molecule has 1 aliphatic carbocycles. The van der Waals surface area contributed by atoms with Gasteiger partial charge in [0.15, 0.2) is 0 Å². The summed E-state index contributed by atoms with van der Waals surface area (Å²) in [5.41, 5.74) is 0.390. The Morgan fingerprint density at radius 3 is 2.47 bits per heavy atom. The van der Waals surface area contributed by atoms with Crippen LogP contribution in [0.4, 0.5) is 5.69 Å². The lowest BCUT2D eigenvalue weighted by Gasteiger charge is -2.23. The summed E-state index contributed by atoms with van der Waals surface area (Å²) < 4.78 is 5.46. The number of hydrogen-bond donors (Lipinski definition) is 0. The molecule has 0 saturated heterocycles. The van der Waals surface area contributed by atoms with E-state index in [2.05, 4.69) is 5.18 Å². The molecule has 0 aliphatic heterocycles. The van der Waals surface area contributed by atoms with Crippen LogP contribution < -0.4 is 4.74 Å². The third kappa shape index (κ3) is 2.40. The molecular formula is C11H11NO3. The highest BCUT2D eigenvalue weighted by atomic mass is 16.5. The van der Waals surface area contributed by atoms with Crippen molar-refractivity contribution in [3.8, 4) is 5.75 Å². The van der Waals surface area contributed by atoms with Crippen LogP contribution >= 0.6 is 0 Å². The van der Waals surface area contributed by atoms with Crippen molar-refractivity contribution in [3.63, 3.8) is 0 Å². The Kier molecular flexibility index (Phi) is 2.76. The van der Waals surface area contributed by atoms with Gasteiger partial charge in [-0.3, -0.25) is 4.79 Å². The molecule has 1 aromatic rings. The highest BCUT2D eigenvalue weighted by Gasteiger charge is 2.26. The largest absolute Gasteiger partial charge is 0.493 e. The topological polar surface area (TPSA) is 55.7 Å². The van der Waals surface area contributed by atoms with Crippen LogP contribution in [0.3, 0.4) is 0 Å². The maximum Gasteiger partial charge on any atom is 0.133 e. The maximum atomic E-state index is 10.7. The highest BCUT2D eigenvalue weighted by Crippen LogP contribution is 2.24. The molecule has 1 aliphatic rings. The van der Waals surface area contributed by atoms with Gasteiger partial charge in [0, 0.05) is 18.8 Å². The number of nitroso groups, excluding NO2 is 1. The predicted octanol–water partition coefficient (Wildman–Crippen LogP) is 2.44. The van der Waals surface area contributed by atoms with Crippen molar-refractivity contribution in [1.29, 1.82) is 0 Å². The molecule has 0 N–H and O–H groups in total. The molecule has 1 aromatic carbocycles. The van der Waals surface area contributed by atoms with E-state index in [9.17, 15) is 9.70 Å². The van der Waals surface area contributed by atoms with Crippen molar-refractivity contribution in [2.75, 3.05) is 6.61 Å². The second kappa shape index (κ2) is 4.21. The summed E-state index contributed by atoms with van der Waals surface area (Å²) in [4.78, 5) is 20.8. The number of rotatable bonds is 4. The summed E-state index contributed by atoms with van der Waals surface area (Å²) in [6.07, 6.45) is 1.27.